The molecule has 0 bridgehead atoms. The number of carbonyl (C=O) groups is 1. The van der Waals surface area contributed by atoms with Crippen LogP contribution in [0.25, 0.3) is 0 Å². The third kappa shape index (κ3) is 34.5. The normalized spacial score (nSPS) is 14.8. The van der Waals surface area contributed by atoms with Crippen LogP contribution < -0.4 is 11.1 Å². The van der Waals surface area contributed by atoms with Gasteiger partial charge in [0.1, 0.15) is 0 Å². The van der Waals surface area contributed by atoms with Crippen LogP contribution in [0.4, 0.5) is 0 Å². The Balaban J connectivity index is 4.26. The second-order valence-electron chi connectivity index (χ2n) is 14.8. The molecule has 0 aliphatic rings. The zero-order chi connectivity index (χ0) is 37.0. The van der Waals surface area contributed by atoms with Gasteiger partial charge < -0.3 is 26.2 Å². The number of carbonyl (C=O) groups excluding carboxylic acids is 1. The van der Waals surface area contributed by atoms with Crippen molar-refractivity contribution in [1.29, 1.82) is 0 Å². The highest BCUT2D eigenvalue weighted by atomic mass is 31.2. The summed E-state index contributed by atoms with van der Waals surface area (Å²) >= 11 is 0. The standard InChI is InChI=1S/C40H83N2O7P/c1-3-5-7-9-11-13-15-17-18-20-21-23-25-27-29-31-37(43)35-40(45)42-38(36-49-50(46,47)48-34-33-41)39(44)32-30-28-26-24-22-19-16-14-12-10-8-6-4-2/h37-39,43-44H,3-36,41H2,1-2H3,(H,42,45)(H,46,47). The summed E-state index contributed by atoms with van der Waals surface area (Å²) in [6, 6.07) is -0.889. The van der Waals surface area contributed by atoms with Crippen LogP contribution >= 0.6 is 7.82 Å². The summed E-state index contributed by atoms with van der Waals surface area (Å²) in [6.07, 6.45) is 34.2. The summed E-state index contributed by atoms with van der Waals surface area (Å²) in [5, 5.41) is 24.1. The first kappa shape index (κ1) is 49.5. The highest BCUT2D eigenvalue weighted by Gasteiger charge is 2.28. The number of phosphoric ester groups is 1. The Morgan fingerprint density at radius 2 is 0.960 bits per heavy atom. The van der Waals surface area contributed by atoms with E-state index in [0.29, 0.717) is 12.8 Å². The largest absolute Gasteiger partial charge is 0.472 e. The molecule has 0 aliphatic heterocycles. The lowest BCUT2D eigenvalue weighted by atomic mass is 10.0. The van der Waals surface area contributed by atoms with E-state index in [0.717, 1.165) is 38.5 Å². The van der Waals surface area contributed by atoms with E-state index in [-0.39, 0.29) is 26.2 Å². The highest BCUT2D eigenvalue weighted by molar-refractivity contribution is 7.47. The zero-order valence-electron chi connectivity index (χ0n) is 32.8. The second kappa shape index (κ2) is 36.8. The van der Waals surface area contributed by atoms with Gasteiger partial charge in [-0.1, -0.05) is 194 Å². The van der Waals surface area contributed by atoms with E-state index >= 15 is 0 Å². The van der Waals surface area contributed by atoms with E-state index < -0.39 is 32.0 Å². The van der Waals surface area contributed by atoms with Crippen molar-refractivity contribution in [3.63, 3.8) is 0 Å². The monoisotopic (exact) mass is 735 g/mol. The van der Waals surface area contributed by atoms with Gasteiger partial charge in [-0.05, 0) is 12.8 Å². The fourth-order valence-electron chi connectivity index (χ4n) is 6.53. The van der Waals surface area contributed by atoms with Gasteiger partial charge in [-0.2, -0.15) is 0 Å². The predicted molar refractivity (Wildman–Crippen MR) is 209 cm³/mol. The quantitative estimate of drug-likeness (QED) is 0.0308. The minimum atomic E-state index is -4.37. The number of hydrogen-bond donors (Lipinski definition) is 5. The van der Waals surface area contributed by atoms with E-state index in [9.17, 15) is 24.5 Å². The maximum Gasteiger partial charge on any atom is 0.472 e. The Kier molecular flexibility index (Phi) is 36.4. The lowest BCUT2D eigenvalue weighted by Crippen LogP contribution is -2.47. The topological polar surface area (TPSA) is 151 Å². The van der Waals surface area contributed by atoms with Gasteiger partial charge in [-0.25, -0.2) is 4.57 Å². The molecule has 0 aliphatic carbocycles. The molecule has 0 saturated carbocycles. The van der Waals surface area contributed by atoms with Crippen LogP contribution in [0.3, 0.4) is 0 Å². The fourth-order valence-corrected chi connectivity index (χ4v) is 7.29. The lowest BCUT2D eigenvalue weighted by Gasteiger charge is -2.25. The molecule has 0 aromatic rings. The molecule has 0 heterocycles. The Labute approximate surface area is 308 Å². The van der Waals surface area contributed by atoms with Crippen molar-refractivity contribution in [1.82, 2.24) is 5.32 Å². The first-order chi connectivity index (χ1) is 24.3. The van der Waals surface area contributed by atoms with Gasteiger partial charge in [0.15, 0.2) is 0 Å². The number of rotatable bonds is 40. The number of hydrogen-bond acceptors (Lipinski definition) is 7. The third-order valence-corrected chi connectivity index (χ3v) is 10.7. The number of phosphoric acid groups is 1. The first-order valence-electron chi connectivity index (χ1n) is 21.2. The van der Waals surface area contributed by atoms with Gasteiger partial charge >= 0.3 is 7.82 Å². The van der Waals surface area contributed by atoms with Crippen molar-refractivity contribution in [2.75, 3.05) is 19.8 Å². The minimum absolute atomic E-state index is 0.0625. The molecule has 50 heavy (non-hydrogen) atoms. The summed E-state index contributed by atoms with van der Waals surface area (Å²) in [5.41, 5.74) is 5.36. The van der Waals surface area contributed by atoms with Crippen molar-refractivity contribution in [2.45, 2.75) is 231 Å². The highest BCUT2D eigenvalue weighted by Crippen LogP contribution is 2.43. The molecule has 0 saturated heterocycles. The molecule has 4 unspecified atom stereocenters. The number of nitrogens with two attached hydrogens (primary N) is 1. The molecule has 0 rings (SSSR count). The van der Waals surface area contributed by atoms with Gasteiger partial charge in [0, 0.05) is 6.54 Å². The van der Waals surface area contributed by atoms with E-state index in [1.807, 2.05) is 0 Å². The van der Waals surface area contributed by atoms with Crippen molar-refractivity contribution in [3.8, 4) is 0 Å². The Hall–Kier alpha value is -0.540. The summed E-state index contributed by atoms with van der Waals surface area (Å²) in [6.45, 7) is 4.05. The summed E-state index contributed by atoms with van der Waals surface area (Å²) in [7, 11) is -4.37. The second-order valence-corrected chi connectivity index (χ2v) is 16.2. The van der Waals surface area contributed by atoms with E-state index in [1.54, 1.807) is 0 Å². The molecule has 10 heteroatoms. The number of nitrogens with one attached hydrogen (secondary N) is 1. The molecule has 4 atom stereocenters. The lowest BCUT2D eigenvalue weighted by molar-refractivity contribution is -0.125. The van der Waals surface area contributed by atoms with Crippen LogP contribution in [0, 0.1) is 0 Å². The Morgan fingerprint density at radius 3 is 1.34 bits per heavy atom. The van der Waals surface area contributed by atoms with Gasteiger partial charge in [-0.3, -0.25) is 13.8 Å². The van der Waals surface area contributed by atoms with Crippen LogP contribution in [-0.4, -0.2) is 59.0 Å². The molecule has 1 amide bonds. The average Bonchev–Trinajstić information content (AvgIpc) is 3.09. The fraction of sp³-hybridized carbons (Fsp3) is 0.975. The van der Waals surface area contributed by atoms with Crippen LogP contribution in [-0.2, 0) is 18.4 Å². The van der Waals surface area contributed by atoms with Crippen LogP contribution in [0.2, 0.25) is 0 Å². The Morgan fingerprint density at radius 1 is 0.600 bits per heavy atom. The van der Waals surface area contributed by atoms with Gasteiger partial charge in [0.25, 0.3) is 0 Å². The SMILES string of the molecule is CCCCCCCCCCCCCCCCCC(O)CC(=O)NC(COP(=O)(O)OCCN)C(O)CCCCCCCCCCCCCCC. The van der Waals surface area contributed by atoms with E-state index in [4.69, 9.17) is 14.8 Å². The van der Waals surface area contributed by atoms with Crippen LogP contribution in [0.1, 0.15) is 213 Å². The molecule has 0 fully saturated rings. The number of amides is 1. The predicted octanol–water partition coefficient (Wildman–Crippen LogP) is 10.4. The molecule has 0 radical (unpaired) electrons. The molecule has 6 N–H and O–H groups in total. The van der Waals surface area contributed by atoms with Gasteiger partial charge in [0.2, 0.25) is 5.91 Å². The average molecular weight is 735 g/mol. The number of aliphatic hydroxyl groups is 2. The van der Waals surface area contributed by atoms with Crippen molar-refractivity contribution in [2.24, 2.45) is 5.73 Å². The van der Waals surface area contributed by atoms with Crippen LogP contribution in [0.5, 0.6) is 0 Å². The molecule has 9 nitrogen and oxygen atoms in total. The van der Waals surface area contributed by atoms with E-state index in [2.05, 4.69) is 19.2 Å². The van der Waals surface area contributed by atoms with Crippen molar-refractivity contribution in [3.05, 3.63) is 0 Å². The van der Waals surface area contributed by atoms with Gasteiger partial charge in [-0.15, -0.1) is 0 Å². The van der Waals surface area contributed by atoms with Crippen molar-refractivity contribution >= 4 is 13.7 Å². The number of unbranched alkanes of at least 4 members (excludes halogenated alkanes) is 26. The zero-order valence-corrected chi connectivity index (χ0v) is 33.7. The molecular weight excluding hydrogens is 651 g/mol. The molecular formula is C40H83N2O7P. The molecule has 300 valence electrons. The summed E-state index contributed by atoms with van der Waals surface area (Å²) in [4.78, 5) is 22.7. The van der Waals surface area contributed by atoms with Gasteiger partial charge in [0.05, 0.1) is 37.9 Å². The van der Waals surface area contributed by atoms with E-state index in [1.165, 1.54) is 141 Å². The van der Waals surface area contributed by atoms with Crippen LogP contribution in [0.15, 0.2) is 0 Å². The maximum absolute atomic E-state index is 12.8. The summed E-state index contributed by atoms with van der Waals surface area (Å²) < 4.78 is 22.1. The maximum atomic E-state index is 12.8. The Bertz CT molecular complexity index is 776. The third-order valence-electron chi connectivity index (χ3n) is 9.77. The smallest absolute Gasteiger partial charge is 0.393 e. The van der Waals surface area contributed by atoms with Crippen molar-refractivity contribution < 1.29 is 33.5 Å². The molecule has 0 spiro atoms. The number of aliphatic hydroxyl groups excluding tert-OH is 2. The summed E-state index contributed by atoms with van der Waals surface area (Å²) in [5.74, 6) is -0.410. The minimum Gasteiger partial charge on any atom is -0.393 e. The molecule has 0 aromatic carbocycles. The first-order valence-corrected chi connectivity index (χ1v) is 22.7. The molecule has 0 aromatic heterocycles.